The monoisotopic (exact) mass is 206 g/mol. The van der Waals surface area contributed by atoms with E-state index in [1.807, 2.05) is 0 Å². The van der Waals surface area contributed by atoms with E-state index in [4.69, 9.17) is 5.73 Å². The van der Waals surface area contributed by atoms with Crippen molar-refractivity contribution >= 4 is 11.7 Å². The van der Waals surface area contributed by atoms with E-state index in [0.29, 0.717) is 23.3 Å². The van der Waals surface area contributed by atoms with Crippen LogP contribution in [0.3, 0.4) is 0 Å². The smallest absolute Gasteiger partial charge is 0.254 e. The van der Waals surface area contributed by atoms with Crippen LogP contribution in [0.25, 0.3) is 0 Å². The number of rotatable bonds is 3. The van der Waals surface area contributed by atoms with Crippen molar-refractivity contribution in [2.24, 2.45) is 11.7 Å². The molecule has 5 heteroatoms. The first-order chi connectivity index (χ1) is 7.18. The molecule has 0 bridgehead atoms. The molecular formula is C10H14N4O. The molecule has 1 heterocycles. The van der Waals surface area contributed by atoms with Crippen molar-refractivity contribution in [3.05, 3.63) is 18.1 Å². The van der Waals surface area contributed by atoms with Crippen molar-refractivity contribution in [3.63, 3.8) is 0 Å². The number of carbonyl (C=O) groups is 1. The van der Waals surface area contributed by atoms with Gasteiger partial charge in [-0.15, -0.1) is 0 Å². The highest BCUT2D eigenvalue weighted by atomic mass is 16.1. The number of aromatic nitrogens is 2. The van der Waals surface area contributed by atoms with Gasteiger partial charge in [0, 0.05) is 12.2 Å². The number of hydrogen-bond acceptors (Lipinski definition) is 4. The van der Waals surface area contributed by atoms with Crippen molar-refractivity contribution in [2.75, 3.05) is 5.32 Å². The van der Waals surface area contributed by atoms with Crippen LogP contribution in [0.2, 0.25) is 0 Å². The average molecular weight is 206 g/mol. The van der Waals surface area contributed by atoms with E-state index in [0.717, 1.165) is 6.42 Å². The summed E-state index contributed by atoms with van der Waals surface area (Å²) < 4.78 is 0. The first kappa shape index (κ1) is 9.89. The fourth-order valence-corrected chi connectivity index (χ4v) is 1.68. The van der Waals surface area contributed by atoms with E-state index in [1.165, 1.54) is 18.9 Å². The number of anilines is 1. The van der Waals surface area contributed by atoms with Gasteiger partial charge in [-0.25, -0.2) is 9.97 Å². The number of carbonyl (C=O) groups excluding carboxylic acids is 1. The molecule has 5 nitrogen and oxygen atoms in total. The van der Waals surface area contributed by atoms with Crippen molar-refractivity contribution < 1.29 is 4.79 Å². The Morgan fingerprint density at radius 1 is 1.60 bits per heavy atom. The zero-order valence-electron chi connectivity index (χ0n) is 8.60. The third-order valence-electron chi connectivity index (χ3n) is 2.92. The number of nitrogens with zero attached hydrogens (tertiary/aromatic N) is 2. The summed E-state index contributed by atoms with van der Waals surface area (Å²) in [6.07, 6.45) is 5.19. The molecular weight excluding hydrogens is 192 g/mol. The van der Waals surface area contributed by atoms with Gasteiger partial charge in [0.25, 0.3) is 5.91 Å². The van der Waals surface area contributed by atoms with Crippen molar-refractivity contribution in [1.29, 1.82) is 0 Å². The predicted octanol–water partition coefficient (Wildman–Crippen LogP) is 0.786. The van der Waals surface area contributed by atoms with Gasteiger partial charge in [0.05, 0.1) is 5.56 Å². The molecule has 3 N–H and O–H groups in total. The topological polar surface area (TPSA) is 80.9 Å². The van der Waals surface area contributed by atoms with Gasteiger partial charge in [0.15, 0.2) is 0 Å². The van der Waals surface area contributed by atoms with Gasteiger partial charge < -0.3 is 11.1 Å². The Hall–Kier alpha value is -1.65. The van der Waals surface area contributed by atoms with Gasteiger partial charge in [-0.05, 0) is 18.8 Å². The zero-order valence-corrected chi connectivity index (χ0v) is 8.60. The van der Waals surface area contributed by atoms with Crippen LogP contribution in [0.1, 0.15) is 30.1 Å². The Balaban J connectivity index is 2.16. The fraction of sp³-hybridized carbons (Fsp3) is 0.500. The summed E-state index contributed by atoms with van der Waals surface area (Å²) in [5, 5.41) is 3.23. The number of hydrogen-bond donors (Lipinski definition) is 2. The van der Waals surface area contributed by atoms with Crippen LogP contribution in [-0.4, -0.2) is 21.9 Å². The lowest BCUT2D eigenvalue weighted by Gasteiger charge is -2.35. The molecule has 0 aromatic carbocycles. The van der Waals surface area contributed by atoms with Crippen LogP contribution in [0, 0.1) is 5.92 Å². The lowest BCUT2D eigenvalue weighted by Crippen LogP contribution is -2.37. The molecule has 1 aliphatic rings. The van der Waals surface area contributed by atoms with Crippen LogP contribution in [0.5, 0.6) is 0 Å². The van der Waals surface area contributed by atoms with Crippen molar-refractivity contribution in [3.8, 4) is 0 Å². The minimum absolute atomic E-state index is 0.358. The van der Waals surface area contributed by atoms with E-state index in [2.05, 4.69) is 22.2 Å². The van der Waals surface area contributed by atoms with E-state index in [-0.39, 0.29) is 0 Å². The molecule has 15 heavy (non-hydrogen) atoms. The summed E-state index contributed by atoms with van der Waals surface area (Å²) in [7, 11) is 0. The summed E-state index contributed by atoms with van der Waals surface area (Å²) in [6.45, 7) is 2.17. The molecule has 2 atom stereocenters. The minimum Gasteiger partial charge on any atom is -0.366 e. The molecule has 2 unspecified atom stereocenters. The average Bonchev–Trinajstić information content (AvgIpc) is 2.24. The largest absolute Gasteiger partial charge is 0.366 e. The van der Waals surface area contributed by atoms with Crippen molar-refractivity contribution in [1.82, 2.24) is 9.97 Å². The number of nitrogens with two attached hydrogens (primary N) is 1. The van der Waals surface area contributed by atoms with Gasteiger partial charge in [-0.1, -0.05) is 6.92 Å². The van der Waals surface area contributed by atoms with Gasteiger partial charge in [-0.2, -0.15) is 0 Å². The van der Waals surface area contributed by atoms with Gasteiger partial charge in [0.1, 0.15) is 12.1 Å². The molecule has 1 aromatic heterocycles. The lowest BCUT2D eigenvalue weighted by molar-refractivity contribution is 0.1000. The lowest BCUT2D eigenvalue weighted by atomic mass is 9.81. The van der Waals surface area contributed by atoms with E-state index in [1.54, 1.807) is 0 Å². The first-order valence-corrected chi connectivity index (χ1v) is 5.05. The highest BCUT2D eigenvalue weighted by Gasteiger charge is 2.27. The van der Waals surface area contributed by atoms with E-state index >= 15 is 0 Å². The molecule has 1 fully saturated rings. The number of primary amides is 1. The highest BCUT2D eigenvalue weighted by Crippen LogP contribution is 2.29. The molecule has 0 saturated heterocycles. The quantitative estimate of drug-likeness (QED) is 0.766. The van der Waals surface area contributed by atoms with Gasteiger partial charge in [0.2, 0.25) is 0 Å². The molecule has 0 aliphatic heterocycles. The minimum atomic E-state index is -0.495. The second kappa shape index (κ2) is 3.84. The molecule has 1 aliphatic carbocycles. The molecule has 0 radical (unpaired) electrons. The van der Waals surface area contributed by atoms with Crippen LogP contribution in [0.15, 0.2) is 12.5 Å². The Morgan fingerprint density at radius 2 is 2.40 bits per heavy atom. The number of amides is 1. The van der Waals surface area contributed by atoms with Gasteiger partial charge >= 0.3 is 0 Å². The maximum Gasteiger partial charge on any atom is 0.254 e. The predicted molar refractivity (Wildman–Crippen MR) is 56.4 cm³/mol. The summed E-state index contributed by atoms with van der Waals surface area (Å²) in [6, 6.07) is 0.401. The summed E-state index contributed by atoms with van der Waals surface area (Å²) in [5.74, 6) is 0.680. The standard InChI is InChI=1S/C10H14N4O/c1-6-2-3-8(6)14-10-7(9(11)15)4-12-5-13-10/h4-6,8H,2-3H2,1H3,(H2,11,15)(H,12,13,14). The van der Waals surface area contributed by atoms with E-state index in [9.17, 15) is 4.79 Å². The van der Waals surface area contributed by atoms with Crippen LogP contribution in [-0.2, 0) is 0 Å². The zero-order chi connectivity index (χ0) is 10.8. The molecule has 80 valence electrons. The van der Waals surface area contributed by atoms with Crippen molar-refractivity contribution in [2.45, 2.75) is 25.8 Å². The fourth-order valence-electron chi connectivity index (χ4n) is 1.68. The Kier molecular flexibility index (Phi) is 2.53. The highest BCUT2D eigenvalue weighted by molar-refractivity contribution is 5.97. The van der Waals surface area contributed by atoms with E-state index < -0.39 is 5.91 Å². The molecule has 1 saturated carbocycles. The third kappa shape index (κ3) is 1.91. The SMILES string of the molecule is CC1CCC1Nc1ncncc1C(N)=O. The molecule has 2 rings (SSSR count). The Labute approximate surface area is 88.1 Å². The molecule has 0 spiro atoms. The van der Waals surface area contributed by atoms with Gasteiger partial charge in [-0.3, -0.25) is 4.79 Å². The number of nitrogens with one attached hydrogen (secondary N) is 1. The molecule has 1 aromatic rings. The summed E-state index contributed by atoms with van der Waals surface area (Å²) in [5.41, 5.74) is 5.58. The second-order valence-corrected chi connectivity index (χ2v) is 3.95. The van der Waals surface area contributed by atoms with Crippen LogP contribution < -0.4 is 11.1 Å². The summed E-state index contributed by atoms with van der Waals surface area (Å²) >= 11 is 0. The van der Waals surface area contributed by atoms with Crippen LogP contribution in [0.4, 0.5) is 5.82 Å². The van der Waals surface area contributed by atoms with Crippen LogP contribution >= 0.6 is 0 Å². The molecule has 1 amide bonds. The summed E-state index contributed by atoms with van der Waals surface area (Å²) in [4.78, 5) is 18.9. The Bertz CT molecular complexity index is 379. The normalized spacial score (nSPS) is 24.3. The first-order valence-electron chi connectivity index (χ1n) is 5.05. The maximum absolute atomic E-state index is 11.1. The second-order valence-electron chi connectivity index (χ2n) is 3.95. The Morgan fingerprint density at radius 3 is 2.93 bits per heavy atom. The maximum atomic E-state index is 11.1. The third-order valence-corrected chi connectivity index (χ3v) is 2.92.